The third kappa shape index (κ3) is 5.09. The summed E-state index contributed by atoms with van der Waals surface area (Å²) in [5.41, 5.74) is 2.99. The van der Waals surface area contributed by atoms with E-state index in [9.17, 15) is 14.4 Å². The summed E-state index contributed by atoms with van der Waals surface area (Å²) in [5.74, 6) is 0.0254. The van der Waals surface area contributed by atoms with Crippen LogP contribution in [0.25, 0.3) is 0 Å². The number of anilines is 1. The van der Waals surface area contributed by atoms with Crippen molar-refractivity contribution in [3.8, 4) is 6.07 Å². The van der Waals surface area contributed by atoms with E-state index in [0.29, 0.717) is 23.1 Å². The molecule has 1 aromatic carbocycles. The molecule has 1 aliphatic carbocycles. The largest absolute Gasteiger partial charge is 0.326 e. The molecule has 8 nitrogen and oxygen atoms in total. The van der Waals surface area contributed by atoms with Gasteiger partial charge in [-0.2, -0.15) is 5.26 Å². The van der Waals surface area contributed by atoms with Crippen molar-refractivity contribution in [3.63, 3.8) is 0 Å². The molecule has 0 saturated heterocycles. The second-order valence-electron chi connectivity index (χ2n) is 8.29. The topological polar surface area (TPSA) is 101 Å². The van der Waals surface area contributed by atoms with Crippen molar-refractivity contribution in [2.24, 2.45) is 0 Å². The van der Waals surface area contributed by atoms with Gasteiger partial charge in [-0.3, -0.25) is 4.79 Å². The van der Waals surface area contributed by atoms with Crippen molar-refractivity contribution in [2.75, 3.05) is 11.1 Å². The Morgan fingerprint density at radius 2 is 1.97 bits per heavy atom. The molecule has 1 fully saturated rings. The predicted octanol–water partition coefficient (Wildman–Crippen LogP) is 4.39. The van der Waals surface area contributed by atoms with Crippen LogP contribution in [0.2, 0.25) is 0 Å². The zero-order valence-electron chi connectivity index (χ0n) is 18.7. The van der Waals surface area contributed by atoms with E-state index in [0.717, 1.165) is 42.5 Å². The van der Waals surface area contributed by atoms with Crippen LogP contribution in [0.5, 0.6) is 0 Å². The molecule has 172 valence electrons. The van der Waals surface area contributed by atoms with Gasteiger partial charge in [-0.1, -0.05) is 43.2 Å². The van der Waals surface area contributed by atoms with Gasteiger partial charge in [-0.05, 0) is 60.4 Å². The van der Waals surface area contributed by atoms with E-state index in [1.54, 1.807) is 12.1 Å². The third-order valence-corrected chi connectivity index (χ3v) is 7.10. The lowest BCUT2D eigenvalue weighted by Crippen LogP contribution is -2.20. The minimum atomic E-state index is -0.307. The predicted molar refractivity (Wildman–Crippen MR) is 123 cm³/mol. The smallest absolute Gasteiger partial charge is 0.235 e. The van der Waals surface area contributed by atoms with E-state index >= 15 is 0 Å². The van der Waals surface area contributed by atoms with E-state index in [1.807, 2.05) is 23.1 Å². The molecule has 1 aliphatic rings. The number of aromatic nitrogens is 5. The van der Waals surface area contributed by atoms with Crippen LogP contribution in [0.3, 0.4) is 0 Å². The minimum absolute atomic E-state index is 0.123. The molecule has 4 rings (SSSR count). The number of halogens is 1. The number of nitrogens with one attached hydrogen (secondary N) is 1. The van der Waals surface area contributed by atoms with Crippen LogP contribution in [0.4, 0.5) is 10.2 Å². The van der Waals surface area contributed by atoms with Crippen LogP contribution in [-0.2, 0) is 11.3 Å². The van der Waals surface area contributed by atoms with Gasteiger partial charge in [-0.25, -0.2) is 9.07 Å². The van der Waals surface area contributed by atoms with Crippen LogP contribution < -0.4 is 5.32 Å². The van der Waals surface area contributed by atoms with Crippen molar-refractivity contribution in [1.82, 2.24) is 24.8 Å². The Bertz CT molecular complexity index is 1170. The highest BCUT2D eigenvalue weighted by Crippen LogP contribution is 2.31. The standard InChI is InChI=1S/C23H26FN7OS/c1-15-16(2)30(13-17-8-10-18(24)11-9-17)22(20(15)12-25)26-21(32)14-33-23-27-28-29-31(23)19-6-4-3-5-7-19/h8-11,19H,3-7,13-14H2,1-2H3,(H,26,32). The number of nitriles is 1. The maximum atomic E-state index is 13.3. The number of rotatable bonds is 7. The van der Waals surface area contributed by atoms with E-state index < -0.39 is 0 Å². The summed E-state index contributed by atoms with van der Waals surface area (Å²) in [6, 6.07) is 8.68. The molecule has 2 heterocycles. The van der Waals surface area contributed by atoms with Gasteiger partial charge in [0.15, 0.2) is 0 Å². The van der Waals surface area contributed by atoms with Gasteiger partial charge in [-0.15, -0.1) is 5.10 Å². The Balaban J connectivity index is 1.49. The molecule has 0 spiro atoms. The first-order valence-electron chi connectivity index (χ1n) is 11.0. The van der Waals surface area contributed by atoms with Gasteiger partial charge in [0.25, 0.3) is 0 Å². The van der Waals surface area contributed by atoms with Gasteiger partial charge in [0.2, 0.25) is 11.1 Å². The fraction of sp³-hybridized carbons (Fsp3) is 0.435. The second-order valence-corrected chi connectivity index (χ2v) is 9.24. The summed E-state index contributed by atoms with van der Waals surface area (Å²) in [5, 5.41) is 25.3. The van der Waals surface area contributed by atoms with Gasteiger partial charge in [0, 0.05) is 12.2 Å². The zero-order valence-corrected chi connectivity index (χ0v) is 19.5. The van der Waals surface area contributed by atoms with E-state index in [-0.39, 0.29) is 23.5 Å². The van der Waals surface area contributed by atoms with E-state index in [2.05, 4.69) is 26.9 Å². The maximum absolute atomic E-state index is 13.3. The summed E-state index contributed by atoms with van der Waals surface area (Å²) in [4.78, 5) is 12.9. The SMILES string of the molecule is Cc1c(C#N)c(NC(=O)CSc2nnnn2C2CCCCC2)n(Cc2ccc(F)cc2)c1C. The number of thioether (sulfide) groups is 1. The molecule has 0 radical (unpaired) electrons. The van der Waals surface area contributed by atoms with Crippen LogP contribution in [0, 0.1) is 31.0 Å². The van der Waals surface area contributed by atoms with Crippen LogP contribution in [-0.4, -0.2) is 36.4 Å². The number of hydrogen-bond acceptors (Lipinski definition) is 6. The summed E-state index contributed by atoms with van der Waals surface area (Å²) in [7, 11) is 0. The molecule has 0 atom stereocenters. The molecular weight excluding hydrogens is 441 g/mol. The van der Waals surface area contributed by atoms with Crippen LogP contribution in [0.15, 0.2) is 29.4 Å². The Morgan fingerprint density at radius 1 is 1.24 bits per heavy atom. The highest BCUT2D eigenvalue weighted by Gasteiger charge is 2.23. The normalized spacial score (nSPS) is 14.2. The first-order valence-corrected chi connectivity index (χ1v) is 12.0. The number of carbonyl (C=O) groups is 1. The Labute approximate surface area is 196 Å². The molecule has 2 aromatic heterocycles. The van der Waals surface area contributed by atoms with Crippen molar-refractivity contribution in [2.45, 2.75) is 63.7 Å². The van der Waals surface area contributed by atoms with E-state index in [1.165, 1.54) is 30.3 Å². The fourth-order valence-corrected chi connectivity index (χ4v) is 4.98. The van der Waals surface area contributed by atoms with Gasteiger partial charge in [0.1, 0.15) is 17.7 Å². The maximum Gasteiger partial charge on any atom is 0.235 e. The molecule has 0 bridgehead atoms. The Hall–Kier alpha value is -3.19. The highest BCUT2D eigenvalue weighted by atomic mass is 32.2. The molecule has 1 saturated carbocycles. The first kappa shape index (κ1) is 23.0. The molecule has 3 aromatic rings. The lowest BCUT2D eigenvalue weighted by Gasteiger charge is -2.21. The summed E-state index contributed by atoms with van der Waals surface area (Å²) in [6.45, 7) is 4.18. The molecule has 1 amide bonds. The quantitative estimate of drug-likeness (QED) is 0.517. The summed E-state index contributed by atoms with van der Waals surface area (Å²) >= 11 is 1.29. The summed E-state index contributed by atoms with van der Waals surface area (Å²) < 4.78 is 17.0. The lowest BCUT2D eigenvalue weighted by atomic mass is 9.96. The molecule has 0 aliphatic heterocycles. The number of carbonyl (C=O) groups excluding carboxylic acids is 1. The minimum Gasteiger partial charge on any atom is -0.326 e. The van der Waals surface area contributed by atoms with E-state index in [4.69, 9.17) is 0 Å². The van der Waals surface area contributed by atoms with Crippen molar-refractivity contribution < 1.29 is 9.18 Å². The lowest BCUT2D eigenvalue weighted by molar-refractivity contribution is -0.113. The number of nitrogens with zero attached hydrogens (tertiary/aromatic N) is 6. The first-order chi connectivity index (χ1) is 16.0. The highest BCUT2D eigenvalue weighted by molar-refractivity contribution is 7.99. The monoisotopic (exact) mass is 467 g/mol. The van der Waals surface area contributed by atoms with Crippen molar-refractivity contribution >= 4 is 23.5 Å². The fourth-order valence-electron chi connectivity index (χ4n) is 4.23. The summed E-state index contributed by atoms with van der Waals surface area (Å²) in [6.07, 6.45) is 5.66. The zero-order chi connectivity index (χ0) is 23.4. The number of amides is 1. The van der Waals surface area contributed by atoms with Crippen LogP contribution in [0.1, 0.15) is 60.5 Å². The van der Waals surface area contributed by atoms with Crippen molar-refractivity contribution in [3.05, 3.63) is 52.5 Å². The Morgan fingerprint density at radius 3 is 2.67 bits per heavy atom. The molecule has 1 N–H and O–H groups in total. The van der Waals surface area contributed by atoms with Gasteiger partial charge >= 0.3 is 0 Å². The number of tetrazole rings is 1. The molecule has 10 heteroatoms. The molecule has 0 unspecified atom stereocenters. The third-order valence-electron chi connectivity index (χ3n) is 6.17. The number of benzene rings is 1. The number of hydrogen-bond donors (Lipinski definition) is 1. The van der Waals surface area contributed by atoms with Gasteiger partial charge < -0.3 is 9.88 Å². The second kappa shape index (κ2) is 10.2. The Kier molecular flexibility index (Phi) is 7.08. The average Bonchev–Trinajstić information content (AvgIpc) is 3.38. The van der Waals surface area contributed by atoms with Crippen molar-refractivity contribution in [1.29, 1.82) is 5.26 Å². The molecule has 33 heavy (non-hydrogen) atoms. The van der Waals surface area contributed by atoms with Crippen LogP contribution >= 0.6 is 11.8 Å². The molecular formula is C23H26FN7OS. The van der Waals surface area contributed by atoms with Gasteiger partial charge in [0.05, 0.1) is 17.4 Å². The average molecular weight is 468 g/mol.